The lowest BCUT2D eigenvalue weighted by Crippen LogP contribution is -2.30. The number of anilines is 1. The third-order valence-electron chi connectivity index (χ3n) is 4.26. The van der Waals surface area contributed by atoms with E-state index in [0.29, 0.717) is 36.1 Å². The molecule has 0 saturated carbocycles. The van der Waals surface area contributed by atoms with Gasteiger partial charge in [-0.05, 0) is 47.7 Å². The second-order valence-corrected chi connectivity index (χ2v) is 6.44. The molecule has 0 saturated heterocycles. The Balaban J connectivity index is 1.91. The van der Waals surface area contributed by atoms with Gasteiger partial charge in [-0.15, -0.1) is 0 Å². The second kappa shape index (κ2) is 9.71. The van der Waals surface area contributed by atoms with Crippen LogP contribution in [0.1, 0.15) is 30.9 Å². The molecule has 6 nitrogen and oxygen atoms in total. The van der Waals surface area contributed by atoms with Crippen molar-refractivity contribution in [1.29, 1.82) is 0 Å². The van der Waals surface area contributed by atoms with Crippen LogP contribution in [0.5, 0.6) is 17.2 Å². The first-order valence-electron chi connectivity index (χ1n) is 8.92. The van der Waals surface area contributed by atoms with Gasteiger partial charge in [-0.2, -0.15) is 0 Å². The fraction of sp³-hybridized carbons (Fsp3) is 0.381. The number of rotatable bonds is 8. The van der Waals surface area contributed by atoms with Gasteiger partial charge in [0, 0.05) is 12.2 Å². The van der Waals surface area contributed by atoms with Gasteiger partial charge >= 0.3 is 6.03 Å². The first-order valence-corrected chi connectivity index (χ1v) is 8.92. The van der Waals surface area contributed by atoms with Gasteiger partial charge in [0.2, 0.25) is 5.75 Å². The summed E-state index contributed by atoms with van der Waals surface area (Å²) in [4.78, 5) is 12.1. The smallest absolute Gasteiger partial charge is 0.319 e. The van der Waals surface area contributed by atoms with Gasteiger partial charge in [0.25, 0.3) is 0 Å². The quantitative estimate of drug-likeness (QED) is 0.729. The molecular weight excluding hydrogens is 344 g/mol. The highest BCUT2D eigenvalue weighted by Gasteiger charge is 2.13. The highest BCUT2D eigenvalue weighted by Crippen LogP contribution is 2.38. The number of hydrogen-bond donors (Lipinski definition) is 2. The zero-order valence-corrected chi connectivity index (χ0v) is 16.6. The second-order valence-electron chi connectivity index (χ2n) is 6.44. The number of amides is 2. The van der Waals surface area contributed by atoms with Crippen LogP contribution in [0.25, 0.3) is 0 Å². The van der Waals surface area contributed by atoms with Crippen LogP contribution in [0.3, 0.4) is 0 Å². The summed E-state index contributed by atoms with van der Waals surface area (Å²) in [5, 5.41) is 5.70. The van der Waals surface area contributed by atoms with E-state index in [0.717, 1.165) is 11.3 Å². The summed E-state index contributed by atoms with van der Waals surface area (Å²) < 4.78 is 16.0. The molecule has 2 rings (SSSR count). The van der Waals surface area contributed by atoms with Gasteiger partial charge in [-0.1, -0.05) is 26.0 Å². The van der Waals surface area contributed by atoms with Crippen molar-refractivity contribution in [2.24, 2.45) is 0 Å². The third kappa shape index (κ3) is 5.54. The lowest BCUT2D eigenvalue weighted by Gasteiger charge is -2.14. The van der Waals surface area contributed by atoms with Gasteiger partial charge in [-0.25, -0.2) is 4.79 Å². The van der Waals surface area contributed by atoms with Crippen molar-refractivity contribution in [1.82, 2.24) is 5.32 Å². The predicted octanol–water partition coefficient (Wildman–Crippen LogP) is 4.20. The highest BCUT2D eigenvalue weighted by atomic mass is 16.5. The number of carbonyl (C=O) groups is 1. The topological polar surface area (TPSA) is 68.8 Å². The Morgan fingerprint density at radius 2 is 1.56 bits per heavy atom. The fourth-order valence-corrected chi connectivity index (χ4v) is 2.73. The minimum absolute atomic E-state index is 0.236. The largest absolute Gasteiger partial charge is 0.493 e. The molecule has 0 atom stereocenters. The van der Waals surface area contributed by atoms with Crippen molar-refractivity contribution in [3.05, 3.63) is 47.5 Å². The van der Waals surface area contributed by atoms with Crippen molar-refractivity contribution in [3.63, 3.8) is 0 Å². The molecular formula is C21H28N2O4. The number of hydrogen-bond acceptors (Lipinski definition) is 4. The molecule has 0 aliphatic heterocycles. The molecule has 0 fully saturated rings. The lowest BCUT2D eigenvalue weighted by atomic mass is 10.0. The van der Waals surface area contributed by atoms with Gasteiger partial charge in [0.15, 0.2) is 11.5 Å². The van der Waals surface area contributed by atoms with E-state index in [4.69, 9.17) is 14.2 Å². The van der Waals surface area contributed by atoms with E-state index in [1.54, 1.807) is 21.3 Å². The van der Waals surface area contributed by atoms with Crippen molar-refractivity contribution >= 4 is 11.7 Å². The molecule has 0 radical (unpaired) electrons. The maximum absolute atomic E-state index is 12.1. The molecule has 2 aromatic carbocycles. The number of methoxy groups -OCH3 is 3. The molecule has 0 aromatic heterocycles. The maximum Gasteiger partial charge on any atom is 0.319 e. The molecule has 2 N–H and O–H groups in total. The minimum Gasteiger partial charge on any atom is -0.493 e. The number of urea groups is 1. The van der Waals surface area contributed by atoms with Crippen molar-refractivity contribution < 1.29 is 19.0 Å². The van der Waals surface area contributed by atoms with Crippen LogP contribution in [0.2, 0.25) is 0 Å². The molecule has 146 valence electrons. The van der Waals surface area contributed by atoms with Crippen molar-refractivity contribution in [2.45, 2.75) is 26.2 Å². The number of carbonyl (C=O) groups excluding carboxylic acids is 1. The molecule has 27 heavy (non-hydrogen) atoms. The summed E-state index contributed by atoms with van der Waals surface area (Å²) in [7, 11) is 4.73. The van der Waals surface area contributed by atoms with Crippen LogP contribution < -0.4 is 24.8 Å². The Kier molecular flexibility index (Phi) is 7.34. The van der Waals surface area contributed by atoms with Crippen LogP contribution in [0.15, 0.2) is 36.4 Å². The molecule has 0 heterocycles. The first kappa shape index (κ1) is 20.4. The van der Waals surface area contributed by atoms with E-state index in [9.17, 15) is 4.79 Å². The molecule has 2 aromatic rings. The standard InChI is InChI=1S/C21H28N2O4/c1-14(2)16-6-8-17(9-7-16)23-21(24)22-11-10-15-12-18(25-3)20(27-5)19(13-15)26-4/h6-9,12-14H,10-11H2,1-5H3,(H2,22,23,24). The monoisotopic (exact) mass is 372 g/mol. The number of benzene rings is 2. The summed E-state index contributed by atoms with van der Waals surface area (Å²) >= 11 is 0. The number of nitrogens with one attached hydrogen (secondary N) is 2. The molecule has 0 aliphatic carbocycles. The van der Waals surface area contributed by atoms with Crippen LogP contribution in [0.4, 0.5) is 10.5 Å². The normalized spacial score (nSPS) is 10.4. The molecule has 2 amide bonds. The van der Waals surface area contributed by atoms with E-state index in [1.807, 2.05) is 36.4 Å². The van der Waals surface area contributed by atoms with Crippen LogP contribution >= 0.6 is 0 Å². The third-order valence-corrected chi connectivity index (χ3v) is 4.26. The predicted molar refractivity (Wildman–Crippen MR) is 107 cm³/mol. The Morgan fingerprint density at radius 3 is 2.04 bits per heavy atom. The minimum atomic E-state index is -0.236. The van der Waals surface area contributed by atoms with Crippen LogP contribution in [0, 0.1) is 0 Å². The van der Waals surface area contributed by atoms with Crippen LogP contribution in [-0.4, -0.2) is 33.9 Å². The zero-order chi connectivity index (χ0) is 19.8. The van der Waals surface area contributed by atoms with Crippen molar-refractivity contribution in [3.8, 4) is 17.2 Å². The average molecular weight is 372 g/mol. The SMILES string of the molecule is COc1cc(CCNC(=O)Nc2ccc(C(C)C)cc2)cc(OC)c1OC. The maximum atomic E-state index is 12.1. The Labute approximate surface area is 160 Å². The summed E-state index contributed by atoms with van der Waals surface area (Å²) in [6.07, 6.45) is 0.635. The lowest BCUT2D eigenvalue weighted by molar-refractivity contribution is 0.252. The zero-order valence-electron chi connectivity index (χ0n) is 16.6. The van der Waals surface area contributed by atoms with E-state index >= 15 is 0 Å². The van der Waals surface area contributed by atoms with E-state index in [1.165, 1.54) is 5.56 Å². The summed E-state index contributed by atoms with van der Waals surface area (Å²) in [5.41, 5.74) is 2.99. The van der Waals surface area contributed by atoms with Gasteiger partial charge in [-0.3, -0.25) is 0 Å². The molecule has 6 heteroatoms. The average Bonchev–Trinajstić information content (AvgIpc) is 2.67. The molecule has 0 aliphatic rings. The Hall–Kier alpha value is -2.89. The first-order chi connectivity index (χ1) is 13.0. The summed E-state index contributed by atoms with van der Waals surface area (Å²) in [6, 6.07) is 11.4. The fourth-order valence-electron chi connectivity index (χ4n) is 2.73. The van der Waals surface area contributed by atoms with Gasteiger partial charge in [0.1, 0.15) is 0 Å². The molecule has 0 bridgehead atoms. The van der Waals surface area contributed by atoms with E-state index < -0.39 is 0 Å². The van der Waals surface area contributed by atoms with E-state index in [2.05, 4.69) is 24.5 Å². The van der Waals surface area contributed by atoms with E-state index in [-0.39, 0.29) is 6.03 Å². The Morgan fingerprint density at radius 1 is 0.963 bits per heavy atom. The summed E-state index contributed by atoms with van der Waals surface area (Å²) in [5.74, 6) is 2.22. The van der Waals surface area contributed by atoms with Crippen LogP contribution in [-0.2, 0) is 6.42 Å². The van der Waals surface area contributed by atoms with Gasteiger partial charge < -0.3 is 24.8 Å². The van der Waals surface area contributed by atoms with Crippen molar-refractivity contribution in [2.75, 3.05) is 33.2 Å². The summed E-state index contributed by atoms with van der Waals surface area (Å²) in [6.45, 7) is 4.76. The molecule has 0 unspecified atom stereocenters. The highest BCUT2D eigenvalue weighted by molar-refractivity contribution is 5.89. The Bertz CT molecular complexity index is 732. The number of ether oxygens (including phenoxy) is 3. The van der Waals surface area contributed by atoms with Gasteiger partial charge in [0.05, 0.1) is 21.3 Å². The molecule has 0 spiro atoms.